The number of piperidine rings is 1. The van der Waals surface area contributed by atoms with E-state index in [-0.39, 0.29) is 18.5 Å². The number of carbonyl (C=O) groups is 1. The van der Waals surface area contributed by atoms with Crippen molar-refractivity contribution in [1.82, 2.24) is 10.2 Å². The highest BCUT2D eigenvalue weighted by atomic mass is 19.1. The zero-order valence-corrected chi connectivity index (χ0v) is 11.7. The molecule has 20 heavy (non-hydrogen) atoms. The predicted octanol–water partition coefficient (Wildman–Crippen LogP) is 2.05. The second kappa shape index (κ2) is 6.70. The minimum atomic E-state index is -0.250. The van der Waals surface area contributed by atoms with Gasteiger partial charge in [0, 0.05) is 26.2 Å². The van der Waals surface area contributed by atoms with Gasteiger partial charge in [-0.25, -0.2) is 9.18 Å². The summed E-state index contributed by atoms with van der Waals surface area (Å²) in [6.07, 6.45) is 1.67. The van der Waals surface area contributed by atoms with Gasteiger partial charge in [-0.15, -0.1) is 0 Å². The van der Waals surface area contributed by atoms with Crippen molar-refractivity contribution in [3.63, 3.8) is 0 Å². The van der Waals surface area contributed by atoms with Crippen LogP contribution in [0.15, 0.2) is 18.2 Å². The molecule has 0 spiro atoms. The SMILES string of the molecule is Cc1ccc(CNC(=O)N2CCC(CO)CC2)cc1F. The van der Waals surface area contributed by atoms with Crippen molar-refractivity contribution in [3.8, 4) is 0 Å². The van der Waals surface area contributed by atoms with Gasteiger partial charge in [-0.2, -0.15) is 0 Å². The van der Waals surface area contributed by atoms with E-state index in [4.69, 9.17) is 5.11 Å². The molecule has 0 aliphatic carbocycles. The third-order valence-electron chi connectivity index (χ3n) is 3.84. The van der Waals surface area contributed by atoms with E-state index < -0.39 is 0 Å². The fraction of sp³-hybridized carbons (Fsp3) is 0.533. The number of amides is 2. The Kier molecular flexibility index (Phi) is 4.95. The second-order valence-corrected chi connectivity index (χ2v) is 5.36. The minimum Gasteiger partial charge on any atom is -0.396 e. The lowest BCUT2D eigenvalue weighted by Gasteiger charge is -2.31. The number of hydrogen-bond acceptors (Lipinski definition) is 2. The molecule has 0 saturated carbocycles. The number of nitrogens with one attached hydrogen (secondary N) is 1. The summed E-state index contributed by atoms with van der Waals surface area (Å²) in [6, 6.07) is 4.86. The molecule has 1 saturated heterocycles. The largest absolute Gasteiger partial charge is 0.396 e. The second-order valence-electron chi connectivity index (χ2n) is 5.36. The molecule has 2 amide bonds. The summed E-state index contributed by atoms with van der Waals surface area (Å²) in [6.45, 7) is 3.57. The third-order valence-corrected chi connectivity index (χ3v) is 3.84. The summed E-state index contributed by atoms with van der Waals surface area (Å²) in [4.78, 5) is 13.7. The molecular weight excluding hydrogens is 259 g/mol. The van der Waals surface area contributed by atoms with Gasteiger partial charge in [0.15, 0.2) is 0 Å². The normalized spacial score (nSPS) is 16.2. The molecule has 5 heteroatoms. The zero-order valence-electron chi connectivity index (χ0n) is 11.7. The number of urea groups is 1. The van der Waals surface area contributed by atoms with E-state index in [1.54, 1.807) is 17.9 Å². The molecule has 0 aromatic heterocycles. The van der Waals surface area contributed by atoms with Gasteiger partial charge < -0.3 is 15.3 Å². The summed E-state index contributed by atoms with van der Waals surface area (Å²) in [5.41, 5.74) is 1.36. The Balaban J connectivity index is 1.81. The van der Waals surface area contributed by atoms with Crippen LogP contribution in [0.2, 0.25) is 0 Å². The first kappa shape index (κ1) is 14.8. The molecule has 0 unspecified atom stereocenters. The maximum Gasteiger partial charge on any atom is 0.317 e. The highest BCUT2D eigenvalue weighted by molar-refractivity contribution is 5.74. The molecule has 1 aromatic rings. The lowest BCUT2D eigenvalue weighted by Crippen LogP contribution is -2.44. The number of hydrogen-bond donors (Lipinski definition) is 2. The predicted molar refractivity (Wildman–Crippen MR) is 74.8 cm³/mol. The number of aliphatic hydroxyl groups excluding tert-OH is 1. The van der Waals surface area contributed by atoms with Crippen LogP contribution >= 0.6 is 0 Å². The number of carbonyl (C=O) groups excluding carboxylic acids is 1. The molecule has 2 N–H and O–H groups in total. The summed E-state index contributed by atoms with van der Waals surface area (Å²) < 4.78 is 13.4. The van der Waals surface area contributed by atoms with Crippen LogP contribution in [0.25, 0.3) is 0 Å². The Labute approximate surface area is 118 Å². The Morgan fingerprint density at radius 3 is 2.75 bits per heavy atom. The van der Waals surface area contributed by atoms with Crippen LogP contribution in [-0.2, 0) is 6.54 Å². The van der Waals surface area contributed by atoms with Gasteiger partial charge in [-0.05, 0) is 42.9 Å². The van der Waals surface area contributed by atoms with Gasteiger partial charge in [0.05, 0.1) is 0 Å². The van der Waals surface area contributed by atoms with E-state index in [0.717, 1.165) is 18.4 Å². The lowest BCUT2D eigenvalue weighted by molar-refractivity contribution is 0.137. The van der Waals surface area contributed by atoms with E-state index in [9.17, 15) is 9.18 Å². The standard InChI is InChI=1S/C15H21FN2O2/c1-11-2-3-13(8-14(11)16)9-17-15(20)18-6-4-12(10-19)5-7-18/h2-3,8,12,19H,4-7,9-10H2,1H3,(H,17,20). The Morgan fingerprint density at radius 1 is 1.45 bits per heavy atom. The number of nitrogens with zero attached hydrogens (tertiary/aromatic N) is 1. The molecule has 0 radical (unpaired) electrons. The number of halogens is 1. The average molecular weight is 280 g/mol. The van der Waals surface area contributed by atoms with E-state index in [2.05, 4.69) is 5.32 Å². The van der Waals surface area contributed by atoms with Crippen LogP contribution in [0.4, 0.5) is 9.18 Å². The lowest BCUT2D eigenvalue weighted by atomic mass is 9.98. The highest BCUT2D eigenvalue weighted by Crippen LogP contribution is 2.16. The van der Waals surface area contributed by atoms with Crippen LogP contribution in [0, 0.1) is 18.7 Å². The van der Waals surface area contributed by atoms with Gasteiger partial charge in [-0.3, -0.25) is 0 Å². The summed E-state index contributed by atoms with van der Waals surface area (Å²) in [5, 5.41) is 11.9. The summed E-state index contributed by atoms with van der Waals surface area (Å²) in [7, 11) is 0. The Hall–Kier alpha value is -1.62. The first-order valence-electron chi connectivity index (χ1n) is 6.99. The maximum absolute atomic E-state index is 13.4. The van der Waals surface area contributed by atoms with Crippen molar-refractivity contribution in [1.29, 1.82) is 0 Å². The molecule has 1 fully saturated rings. The van der Waals surface area contributed by atoms with Gasteiger partial charge in [0.25, 0.3) is 0 Å². The van der Waals surface area contributed by atoms with Crippen molar-refractivity contribution in [3.05, 3.63) is 35.1 Å². The van der Waals surface area contributed by atoms with Gasteiger partial charge >= 0.3 is 6.03 Å². The summed E-state index contributed by atoms with van der Waals surface area (Å²) >= 11 is 0. The van der Waals surface area contributed by atoms with Gasteiger partial charge in [0.2, 0.25) is 0 Å². The first-order valence-corrected chi connectivity index (χ1v) is 6.99. The quantitative estimate of drug-likeness (QED) is 0.890. The molecule has 4 nitrogen and oxygen atoms in total. The number of aryl methyl sites for hydroxylation is 1. The average Bonchev–Trinajstić information content (AvgIpc) is 2.48. The molecule has 1 aromatic carbocycles. The van der Waals surface area contributed by atoms with E-state index in [1.807, 2.05) is 6.07 Å². The smallest absolute Gasteiger partial charge is 0.317 e. The summed E-state index contributed by atoms with van der Waals surface area (Å²) in [5.74, 6) is 0.0609. The van der Waals surface area contributed by atoms with E-state index in [0.29, 0.717) is 31.1 Å². The molecule has 0 bridgehead atoms. The first-order chi connectivity index (χ1) is 9.60. The molecule has 0 atom stereocenters. The molecule has 1 aliphatic heterocycles. The Bertz CT molecular complexity index is 471. The third kappa shape index (κ3) is 3.70. The number of benzene rings is 1. The minimum absolute atomic E-state index is 0.123. The number of likely N-dealkylation sites (tertiary alicyclic amines) is 1. The van der Waals surface area contributed by atoms with Crippen molar-refractivity contribution < 1.29 is 14.3 Å². The monoisotopic (exact) mass is 280 g/mol. The van der Waals surface area contributed by atoms with Crippen LogP contribution in [0.5, 0.6) is 0 Å². The van der Waals surface area contributed by atoms with Crippen molar-refractivity contribution >= 4 is 6.03 Å². The highest BCUT2D eigenvalue weighted by Gasteiger charge is 2.21. The van der Waals surface area contributed by atoms with E-state index >= 15 is 0 Å². The van der Waals surface area contributed by atoms with Crippen LogP contribution in [0.1, 0.15) is 24.0 Å². The number of aliphatic hydroxyl groups is 1. The molecule has 2 rings (SSSR count). The number of rotatable bonds is 3. The van der Waals surface area contributed by atoms with Crippen molar-refractivity contribution in [2.24, 2.45) is 5.92 Å². The van der Waals surface area contributed by atoms with E-state index in [1.165, 1.54) is 6.07 Å². The fourth-order valence-electron chi connectivity index (χ4n) is 2.35. The Morgan fingerprint density at radius 2 is 2.15 bits per heavy atom. The van der Waals surface area contributed by atoms with Gasteiger partial charge in [0.1, 0.15) is 5.82 Å². The molecule has 110 valence electrons. The van der Waals surface area contributed by atoms with Crippen LogP contribution in [-0.4, -0.2) is 35.7 Å². The van der Waals surface area contributed by atoms with Gasteiger partial charge in [-0.1, -0.05) is 12.1 Å². The van der Waals surface area contributed by atoms with Crippen LogP contribution < -0.4 is 5.32 Å². The zero-order chi connectivity index (χ0) is 14.5. The molecular formula is C15H21FN2O2. The molecule has 1 heterocycles. The van der Waals surface area contributed by atoms with Crippen LogP contribution in [0.3, 0.4) is 0 Å². The van der Waals surface area contributed by atoms with Crippen molar-refractivity contribution in [2.75, 3.05) is 19.7 Å². The fourth-order valence-corrected chi connectivity index (χ4v) is 2.35. The topological polar surface area (TPSA) is 52.6 Å². The molecule has 1 aliphatic rings. The maximum atomic E-state index is 13.4. The van der Waals surface area contributed by atoms with Crippen molar-refractivity contribution in [2.45, 2.75) is 26.3 Å².